The van der Waals surface area contributed by atoms with E-state index in [1.54, 1.807) is 0 Å². The summed E-state index contributed by atoms with van der Waals surface area (Å²) in [6, 6.07) is 26.1. The first-order chi connectivity index (χ1) is 19.1. The van der Waals surface area contributed by atoms with Gasteiger partial charge in [-0.25, -0.2) is 0 Å². The van der Waals surface area contributed by atoms with E-state index in [0.717, 1.165) is 0 Å². The number of aromatic nitrogens is 2. The van der Waals surface area contributed by atoms with Crippen LogP contribution in [0.25, 0.3) is 22.5 Å². The van der Waals surface area contributed by atoms with Gasteiger partial charge in [-0.2, -0.15) is 9.13 Å². The lowest BCUT2D eigenvalue weighted by atomic mass is 9.85. The van der Waals surface area contributed by atoms with Crippen molar-refractivity contribution in [1.82, 2.24) is 0 Å². The summed E-state index contributed by atoms with van der Waals surface area (Å²) >= 11 is 0. The summed E-state index contributed by atoms with van der Waals surface area (Å²) in [5.41, 5.74) is 7.77. The standard InChI is InChI=1S/C30H34N2.2BF4/c1-29(2,3)25-11-7-9-13-27(25)31-19-15-23(16-20-31)24-17-21-32(22-18-24)28-14-10-8-12-26(28)30(4,5)6;2*2-1(3,4)5/h7-22H,1-6H3;;/q+2;2*-1. The summed E-state index contributed by atoms with van der Waals surface area (Å²) in [7, 11) is -12.0. The van der Waals surface area contributed by atoms with Gasteiger partial charge in [0.2, 0.25) is 11.4 Å². The molecule has 42 heavy (non-hydrogen) atoms. The van der Waals surface area contributed by atoms with Gasteiger partial charge in [0.15, 0.2) is 24.8 Å². The van der Waals surface area contributed by atoms with E-state index in [-0.39, 0.29) is 10.8 Å². The molecule has 4 rings (SSSR count). The first-order valence-electron chi connectivity index (χ1n) is 13.1. The molecule has 0 aliphatic heterocycles. The Morgan fingerprint density at radius 1 is 0.429 bits per heavy atom. The second-order valence-corrected chi connectivity index (χ2v) is 11.5. The van der Waals surface area contributed by atoms with E-state index in [0.29, 0.717) is 0 Å². The molecular weight excluding hydrogens is 562 g/mol. The molecular formula is C30H34B2F8N2. The smallest absolute Gasteiger partial charge is 0.418 e. The van der Waals surface area contributed by atoms with E-state index in [2.05, 4.69) is 148 Å². The lowest BCUT2D eigenvalue weighted by Gasteiger charge is -2.19. The fourth-order valence-electron chi connectivity index (χ4n) is 4.23. The van der Waals surface area contributed by atoms with Crippen LogP contribution in [-0.2, 0) is 10.8 Å². The fourth-order valence-corrected chi connectivity index (χ4v) is 4.23. The van der Waals surface area contributed by atoms with Gasteiger partial charge in [0, 0.05) is 47.5 Å². The van der Waals surface area contributed by atoms with Crippen molar-refractivity contribution in [3.8, 4) is 22.5 Å². The molecule has 0 unspecified atom stereocenters. The summed E-state index contributed by atoms with van der Waals surface area (Å²) in [4.78, 5) is 0. The fraction of sp³-hybridized carbons (Fsp3) is 0.267. The minimum atomic E-state index is -6.00. The Balaban J connectivity index is 0.000000533. The molecule has 0 saturated carbocycles. The van der Waals surface area contributed by atoms with Crippen molar-refractivity contribution in [2.45, 2.75) is 52.4 Å². The minimum absolute atomic E-state index is 0.0959. The van der Waals surface area contributed by atoms with Gasteiger partial charge in [0.1, 0.15) is 0 Å². The van der Waals surface area contributed by atoms with Crippen LogP contribution in [0.2, 0.25) is 0 Å². The highest BCUT2D eigenvalue weighted by atomic mass is 19.5. The third-order valence-electron chi connectivity index (χ3n) is 5.97. The molecule has 0 spiro atoms. The number of pyridine rings is 2. The molecule has 12 heteroatoms. The van der Waals surface area contributed by atoms with Crippen molar-refractivity contribution < 1.29 is 43.7 Å². The molecule has 4 aromatic rings. The van der Waals surface area contributed by atoms with Crippen molar-refractivity contribution >= 4 is 14.5 Å². The first kappa shape index (κ1) is 34.5. The molecule has 0 aliphatic carbocycles. The molecule has 226 valence electrons. The molecule has 2 nitrogen and oxygen atoms in total. The van der Waals surface area contributed by atoms with E-state index >= 15 is 0 Å². The topological polar surface area (TPSA) is 7.76 Å². The second-order valence-electron chi connectivity index (χ2n) is 11.5. The summed E-state index contributed by atoms with van der Waals surface area (Å²) < 4.78 is 82.4. The molecule has 0 radical (unpaired) electrons. The molecule has 0 N–H and O–H groups in total. The molecule has 0 saturated heterocycles. The molecule has 0 fully saturated rings. The van der Waals surface area contributed by atoms with E-state index < -0.39 is 14.5 Å². The second kappa shape index (κ2) is 13.5. The van der Waals surface area contributed by atoms with Gasteiger partial charge in [0.05, 0.1) is 0 Å². The predicted molar refractivity (Wildman–Crippen MR) is 153 cm³/mol. The van der Waals surface area contributed by atoms with E-state index in [9.17, 15) is 34.5 Å². The molecule has 2 aromatic carbocycles. The van der Waals surface area contributed by atoms with Crippen LogP contribution in [0, 0.1) is 0 Å². The Labute approximate surface area is 241 Å². The normalized spacial score (nSPS) is 12.0. The van der Waals surface area contributed by atoms with E-state index in [4.69, 9.17) is 0 Å². The van der Waals surface area contributed by atoms with Crippen LogP contribution in [0.1, 0.15) is 52.7 Å². The van der Waals surface area contributed by atoms with Crippen LogP contribution in [0.4, 0.5) is 34.5 Å². The van der Waals surface area contributed by atoms with E-state index in [1.807, 2.05) is 0 Å². The van der Waals surface area contributed by atoms with Crippen LogP contribution in [0.3, 0.4) is 0 Å². The van der Waals surface area contributed by atoms with Crippen LogP contribution in [0.5, 0.6) is 0 Å². The van der Waals surface area contributed by atoms with Crippen molar-refractivity contribution in [2.24, 2.45) is 0 Å². The monoisotopic (exact) mass is 596 g/mol. The zero-order valence-electron chi connectivity index (χ0n) is 24.3. The number of para-hydroxylation sites is 2. The zero-order valence-corrected chi connectivity index (χ0v) is 24.3. The van der Waals surface area contributed by atoms with Gasteiger partial charge in [-0.15, -0.1) is 0 Å². The maximum atomic E-state index is 9.75. The highest BCUT2D eigenvalue weighted by molar-refractivity contribution is 6.50. The highest BCUT2D eigenvalue weighted by Crippen LogP contribution is 2.27. The summed E-state index contributed by atoms with van der Waals surface area (Å²) in [6.45, 7) is 13.6. The lowest BCUT2D eigenvalue weighted by molar-refractivity contribution is -0.596. The Bertz CT molecular complexity index is 1300. The minimum Gasteiger partial charge on any atom is -0.418 e. The van der Waals surface area contributed by atoms with Gasteiger partial charge in [0.25, 0.3) is 0 Å². The summed E-state index contributed by atoms with van der Waals surface area (Å²) in [5.74, 6) is 0. The van der Waals surface area contributed by atoms with Crippen molar-refractivity contribution in [3.05, 3.63) is 109 Å². The van der Waals surface area contributed by atoms with Gasteiger partial charge < -0.3 is 34.5 Å². The molecule has 0 amide bonds. The summed E-state index contributed by atoms with van der Waals surface area (Å²) in [6.07, 6.45) is 8.65. The Hall–Kier alpha value is -3.69. The van der Waals surface area contributed by atoms with Gasteiger partial charge in [-0.1, -0.05) is 77.9 Å². The largest absolute Gasteiger partial charge is 0.673 e. The van der Waals surface area contributed by atoms with Crippen molar-refractivity contribution in [3.63, 3.8) is 0 Å². The Morgan fingerprint density at radius 2 is 0.667 bits per heavy atom. The maximum absolute atomic E-state index is 9.75. The number of hydrogen-bond acceptors (Lipinski definition) is 0. The quantitative estimate of drug-likeness (QED) is 0.127. The molecule has 0 atom stereocenters. The first-order valence-corrected chi connectivity index (χ1v) is 13.1. The molecule has 0 bridgehead atoms. The van der Waals surface area contributed by atoms with Gasteiger partial charge in [-0.05, 0) is 22.0 Å². The Morgan fingerprint density at radius 3 is 0.905 bits per heavy atom. The third kappa shape index (κ3) is 11.7. The van der Waals surface area contributed by atoms with Crippen LogP contribution in [-0.4, -0.2) is 14.5 Å². The molecule has 0 aliphatic rings. The average molecular weight is 596 g/mol. The number of nitrogens with zero attached hydrogens (tertiary/aromatic N) is 2. The number of benzene rings is 2. The molecule has 2 heterocycles. The zero-order chi connectivity index (χ0) is 31.9. The Kier molecular flexibility index (Phi) is 11.1. The lowest BCUT2D eigenvalue weighted by Crippen LogP contribution is -2.33. The maximum Gasteiger partial charge on any atom is 0.673 e. The van der Waals surface area contributed by atoms with Crippen LogP contribution >= 0.6 is 0 Å². The summed E-state index contributed by atoms with van der Waals surface area (Å²) in [5, 5.41) is 0. The van der Waals surface area contributed by atoms with Crippen LogP contribution < -0.4 is 9.13 Å². The third-order valence-corrected chi connectivity index (χ3v) is 5.97. The van der Waals surface area contributed by atoms with Crippen molar-refractivity contribution in [2.75, 3.05) is 0 Å². The highest BCUT2D eigenvalue weighted by Gasteiger charge is 2.24. The van der Waals surface area contributed by atoms with Gasteiger partial charge in [-0.3, -0.25) is 0 Å². The van der Waals surface area contributed by atoms with Crippen LogP contribution in [0.15, 0.2) is 97.6 Å². The van der Waals surface area contributed by atoms with Gasteiger partial charge >= 0.3 is 14.5 Å². The molecule has 2 aromatic heterocycles. The average Bonchev–Trinajstić information content (AvgIpc) is 2.86. The van der Waals surface area contributed by atoms with Crippen molar-refractivity contribution in [1.29, 1.82) is 0 Å². The SMILES string of the molecule is CC(C)(C)c1ccccc1-[n+]1ccc(-c2cc[n+](-c3ccccc3C(C)(C)C)cc2)cc1.F[B-](F)(F)F.F[B-](F)(F)F. The number of hydrogen-bond donors (Lipinski definition) is 0. The number of halogens is 8. The predicted octanol–water partition coefficient (Wildman–Crippen LogP) is 9.10. The van der Waals surface area contributed by atoms with E-state index in [1.165, 1.54) is 33.6 Å². The number of rotatable bonds is 3.